The number of pyridine rings is 1. The van der Waals surface area contributed by atoms with Crippen LogP contribution >= 0.6 is 0 Å². The molecule has 1 aliphatic carbocycles. The first-order chi connectivity index (χ1) is 11.9. The Morgan fingerprint density at radius 3 is 2.60 bits per heavy atom. The highest BCUT2D eigenvalue weighted by atomic mass is 19.3. The van der Waals surface area contributed by atoms with Crippen LogP contribution in [0.3, 0.4) is 0 Å². The molecule has 7 heteroatoms. The molecule has 0 saturated carbocycles. The number of hydrogen-bond donors (Lipinski definition) is 2. The van der Waals surface area contributed by atoms with Crippen molar-refractivity contribution >= 4 is 16.8 Å². The van der Waals surface area contributed by atoms with Crippen molar-refractivity contribution in [2.75, 3.05) is 0 Å². The van der Waals surface area contributed by atoms with Gasteiger partial charge in [-0.05, 0) is 60.9 Å². The molecule has 134 valence electrons. The van der Waals surface area contributed by atoms with Gasteiger partial charge in [-0.25, -0.2) is 8.78 Å². The summed E-state index contributed by atoms with van der Waals surface area (Å²) in [5, 5.41) is 3.63. The standard InChI is InChI=1S/C18H21F2N3O2/c1-10(17(21)24)22-8-14-6-13-5-11-3-2-4-12(11)7-15(13)23(18(14)25)9-16(19)20/h5-7,10,16,22H,2-4,8-9H2,1H3,(H2,21,24)/t10-/m0/s1. The molecule has 3 rings (SSSR count). The molecule has 3 N–H and O–H groups in total. The third-order valence-electron chi connectivity index (χ3n) is 4.73. The Kier molecular flexibility index (Phi) is 4.85. The van der Waals surface area contributed by atoms with Crippen LogP contribution in [0.5, 0.6) is 0 Å². The molecule has 0 aliphatic heterocycles. The molecule has 1 aliphatic rings. The van der Waals surface area contributed by atoms with Crippen molar-refractivity contribution in [3.63, 3.8) is 0 Å². The third-order valence-corrected chi connectivity index (χ3v) is 4.73. The average Bonchev–Trinajstić information content (AvgIpc) is 3.00. The highest BCUT2D eigenvalue weighted by Gasteiger charge is 2.18. The number of nitrogens with one attached hydrogen (secondary N) is 1. The van der Waals surface area contributed by atoms with Gasteiger partial charge in [-0.3, -0.25) is 9.59 Å². The summed E-state index contributed by atoms with van der Waals surface area (Å²) in [5.41, 5.74) is 7.96. The third kappa shape index (κ3) is 3.56. The van der Waals surface area contributed by atoms with Crippen LogP contribution < -0.4 is 16.6 Å². The summed E-state index contributed by atoms with van der Waals surface area (Å²) in [6.45, 7) is 1.04. The van der Waals surface area contributed by atoms with E-state index in [1.807, 2.05) is 12.1 Å². The number of amides is 1. The maximum Gasteiger partial charge on any atom is 0.256 e. The SMILES string of the molecule is C[C@H](NCc1cc2cc3c(cc2n(CC(F)F)c1=O)CCC3)C(N)=O. The van der Waals surface area contributed by atoms with Crippen molar-refractivity contribution in [3.8, 4) is 0 Å². The summed E-state index contributed by atoms with van der Waals surface area (Å²) < 4.78 is 27.2. The van der Waals surface area contributed by atoms with Gasteiger partial charge in [0.2, 0.25) is 5.91 Å². The van der Waals surface area contributed by atoms with E-state index in [1.165, 1.54) is 5.56 Å². The molecule has 1 atom stereocenters. The monoisotopic (exact) mass is 349 g/mol. The van der Waals surface area contributed by atoms with Crippen LogP contribution in [0.25, 0.3) is 10.9 Å². The molecule has 2 aromatic rings. The summed E-state index contributed by atoms with van der Waals surface area (Å²) in [6.07, 6.45) is 0.288. The fraction of sp³-hybridized carbons (Fsp3) is 0.444. The quantitative estimate of drug-likeness (QED) is 0.834. The van der Waals surface area contributed by atoms with Crippen molar-refractivity contribution in [1.82, 2.24) is 9.88 Å². The van der Waals surface area contributed by atoms with E-state index in [1.54, 1.807) is 13.0 Å². The number of benzene rings is 1. The van der Waals surface area contributed by atoms with Crippen LogP contribution in [0.1, 0.15) is 30.0 Å². The fourth-order valence-corrected chi connectivity index (χ4v) is 3.32. The highest BCUT2D eigenvalue weighted by Crippen LogP contribution is 2.27. The highest BCUT2D eigenvalue weighted by molar-refractivity contribution is 5.82. The van der Waals surface area contributed by atoms with Crippen LogP contribution in [0, 0.1) is 0 Å². The second-order valence-electron chi connectivity index (χ2n) is 6.51. The molecule has 5 nitrogen and oxygen atoms in total. The largest absolute Gasteiger partial charge is 0.368 e. The molecule has 1 heterocycles. The number of alkyl halides is 2. The van der Waals surface area contributed by atoms with Gasteiger partial charge >= 0.3 is 0 Å². The molecular weight excluding hydrogens is 328 g/mol. The molecular formula is C18H21F2N3O2. The maximum atomic E-state index is 13.0. The minimum atomic E-state index is -2.62. The summed E-state index contributed by atoms with van der Waals surface area (Å²) in [7, 11) is 0. The summed E-state index contributed by atoms with van der Waals surface area (Å²) in [6, 6.07) is 4.96. The lowest BCUT2D eigenvalue weighted by Crippen LogP contribution is -2.40. The van der Waals surface area contributed by atoms with Crippen LogP contribution in [0.2, 0.25) is 0 Å². The van der Waals surface area contributed by atoms with Gasteiger partial charge in [-0.2, -0.15) is 0 Å². The topological polar surface area (TPSA) is 77.1 Å². The van der Waals surface area contributed by atoms with Gasteiger partial charge in [0.25, 0.3) is 12.0 Å². The van der Waals surface area contributed by atoms with Gasteiger partial charge in [0.15, 0.2) is 0 Å². The van der Waals surface area contributed by atoms with E-state index in [9.17, 15) is 18.4 Å². The number of nitrogens with zero attached hydrogens (tertiary/aromatic N) is 1. The Morgan fingerprint density at radius 1 is 1.28 bits per heavy atom. The molecule has 0 radical (unpaired) electrons. The molecule has 0 bridgehead atoms. The van der Waals surface area contributed by atoms with E-state index < -0.39 is 30.5 Å². The predicted molar refractivity (Wildman–Crippen MR) is 91.7 cm³/mol. The molecule has 1 aromatic heterocycles. The molecule has 0 fully saturated rings. The maximum absolute atomic E-state index is 13.0. The van der Waals surface area contributed by atoms with Gasteiger partial charge in [0.05, 0.1) is 18.1 Å². The minimum Gasteiger partial charge on any atom is -0.368 e. The Balaban J connectivity index is 2.08. The lowest BCUT2D eigenvalue weighted by atomic mass is 10.0. The summed E-state index contributed by atoms with van der Waals surface area (Å²) in [4.78, 5) is 23.8. The Labute approximate surface area is 143 Å². The lowest BCUT2D eigenvalue weighted by molar-refractivity contribution is -0.119. The fourth-order valence-electron chi connectivity index (χ4n) is 3.32. The first-order valence-electron chi connectivity index (χ1n) is 8.36. The number of aromatic nitrogens is 1. The zero-order chi connectivity index (χ0) is 18.1. The number of hydrogen-bond acceptors (Lipinski definition) is 3. The van der Waals surface area contributed by atoms with Crippen molar-refractivity contribution in [2.24, 2.45) is 5.73 Å². The molecule has 0 unspecified atom stereocenters. The molecule has 1 aromatic carbocycles. The number of primary amides is 1. The van der Waals surface area contributed by atoms with E-state index >= 15 is 0 Å². The van der Waals surface area contributed by atoms with Crippen molar-refractivity contribution in [3.05, 3.63) is 45.2 Å². The summed E-state index contributed by atoms with van der Waals surface area (Å²) >= 11 is 0. The van der Waals surface area contributed by atoms with Gasteiger partial charge in [-0.1, -0.05) is 0 Å². The predicted octanol–water partition coefficient (Wildman–Crippen LogP) is 1.72. The second kappa shape index (κ2) is 6.92. The number of aryl methyl sites for hydroxylation is 2. The molecule has 0 saturated heterocycles. The van der Waals surface area contributed by atoms with Gasteiger partial charge < -0.3 is 15.6 Å². The Morgan fingerprint density at radius 2 is 1.96 bits per heavy atom. The van der Waals surface area contributed by atoms with Gasteiger partial charge in [0, 0.05) is 12.1 Å². The van der Waals surface area contributed by atoms with Crippen LogP contribution in [-0.2, 0) is 30.7 Å². The van der Waals surface area contributed by atoms with Crippen molar-refractivity contribution in [1.29, 1.82) is 0 Å². The van der Waals surface area contributed by atoms with Crippen LogP contribution in [0.4, 0.5) is 8.78 Å². The first kappa shape index (κ1) is 17.5. The minimum absolute atomic E-state index is 0.0964. The summed E-state index contributed by atoms with van der Waals surface area (Å²) in [5.74, 6) is -0.536. The number of rotatable bonds is 6. The average molecular weight is 349 g/mol. The number of carbonyl (C=O) groups is 1. The number of halogens is 2. The molecule has 0 spiro atoms. The number of nitrogens with two attached hydrogens (primary N) is 1. The zero-order valence-electron chi connectivity index (χ0n) is 14.0. The first-order valence-corrected chi connectivity index (χ1v) is 8.36. The number of fused-ring (bicyclic) bond motifs is 2. The van der Waals surface area contributed by atoms with E-state index in [-0.39, 0.29) is 6.54 Å². The smallest absolute Gasteiger partial charge is 0.256 e. The number of carbonyl (C=O) groups excluding carboxylic acids is 1. The van der Waals surface area contributed by atoms with Crippen LogP contribution in [0.15, 0.2) is 23.0 Å². The lowest BCUT2D eigenvalue weighted by Gasteiger charge is -2.16. The van der Waals surface area contributed by atoms with Crippen molar-refractivity contribution in [2.45, 2.75) is 51.7 Å². The van der Waals surface area contributed by atoms with E-state index in [2.05, 4.69) is 5.32 Å². The van der Waals surface area contributed by atoms with E-state index in [0.29, 0.717) is 11.1 Å². The second-order valence-corrected chi connectivity index (χ2v) is 6.51. The van der Waals surface area contributed by atoms with Crippen molar-refractivity contribution < 1.29 is 13.6 Å². The Hall–Kier alpha value is -2.28. The molecule has 1 amide bonds. The van der Waals surface area contributed by atoms with Crippen LogP contribution in [-0.4, -0.2) is 22.9 Å². The zero-order valence-corrected chi connectivity index (χ0v) is 14.0. The van der Waals surface area contributed by atoms with Gasteiger partial charge in [0.1, 0.15) is 0 Å². The molecule has 25 heavy (non-hydrogen) atoms. The Bertz CT molecular complexity index is 877. The normalized spacial score (nSPS) is 14.9. The van der Waals surface area contributed by atoms with E-state index in [0.717, 1.165) is 34.8 Å². The van der Waals surface area contributed by atoms with E-state index in [4.69, 9.17) is 5.73 Å². The van der Waals surface area contributed by atoms with Gasteiger partial charge in [-0.15, -0.1) is 0 Å².